The molecule has 0 bridgehead atoms. The molecule has 5 nitrogen and oxygen atoms in total. The molecule has 0 radical (unpaired) electrons. The molecule has 0 aromatic heterocycles. The van der Waals surface area contributed by atoms with Gasteiger partial charge in [-0.2, -0.15) is 0 Å². The molecule has 0 spiro atoms. The Bertz CT molecular complexity index is 920. The molecule has 0 amide bonds. The van der Waals surface area contributed by atoms with E-state index in [0.717, 1.165) is 21.9 Å². The summed E-state index contributed by atoms with van der Waals surface area (Å²) in [4.78, 5) is 22.3. The molecular formula is C23H21O5P. The lowest BCUT2D eigenvalue weighted by Gasteiger charge is -2.20. The van der Waals surface area contributed by atoms with Gasteiger partial charge < -0.3 is 14.0 Å². The van der Waals surface area contributed by atoms with Gasteiger partial charge in [-0.1, -0.05) is 17.7 Å². The molecule has 0 unspecified atom stereocenters. The number of esters is 2. The molecule has 6 heteroatoms. The van der Waals surface area contributed by atoms with Crippen molar-refractivity contribution in [1.82, 2.24) is 0 Å². The summed E-state index contributed by atoms with van der Waals surface area (Å²) in [6.07, 6.45) is 0. The second-order valence-electron chi connectivity index (χ2n) is 6.37. The van der Waals surface area contributed by atoms with E-state index in [1.54, 1.807) is 24.3 Å². The summed E-state index contributed by atoms with van der Waals surface area (Å²) in [6.45, 7) is 4.76. The lowest BCUT2D eigenvalue weighted by atomic mass is 10.2. The molecule has 0 aliphatic heterocycles. The third-order valence-corrected chi connectivity index (χ3v) is 5.81. The highest BCUT2D eigenvalue weighted by Crippen LogP contribution is 2.37. The maximum Gasteiger partial charge on any atom is 0.308 e. The Morgan fingerprint density at radius 2 is 1.00 bits per heavy atom. The predicted octanol–water partition coefficient (Wildman–Crippen LogP) is 4.27. The minimum absolute atomic E-state index is 0.364. The summed E-state index contributed by atoms with van der Waals surface area (Å²) in [5.41, 5.74) is 1.15. The van der Waals surface area contributed by atoms with Gasteiger partial charge in [0.15, 0.2) is 8.15 Å². The first-order chi connectivity index (χ1) is 13.9. The largest absolute Gasteiger partial charge is 0.464 e. The van der Waals surface area contributed by atoms with E-state index >= 15 is 0 Å². The van der Waals surface area contributed by atoms with E-state index in [9.17, 15) is 9.59 Å². The predicted molar refractivity (Wildman–Crippen MR) is 113 cm³/mol. The minimum atomic E-state index is -1.18. The van der Waals surface area contributed by atoms with Crippen molar-refractivity contribution in [2.45, 2.75) is 20.8 Å². The van der Waals surface area contributed by atoms with Crippen LogP contribution in [0.4, 0.5) is 0 Å². The van der Waals surface area contributed by atoms with Gasteiger partial charge in [0.25, 0.3) is 0 Å². The molecule has 29 heavy (non-hydrogen) atoms. The van der Waals surface area contributed by atoms with Gasteiger partial charge >= 0.3 is 11.9 Å². The van der Waals surface area contributed by atoms with E-state index in [4.69, 9.17) is 14.0 Å². The lowest BCUT2D eigenvalue weighted by Crippen LogP contribution is -2.16. The van der Waals surface area contributed by atoms with Gasteiger partial charge in [0.2, 0.25) is 0 Å². The van der Waals surface area contributed by atoms with Crippen molar-refractivity contribution < 1.29 is 23.6 Å². The number of carbonyl (C=O) groups excluding carboxylic acids is 2. The van der Waals surface area contributed by atoms with Crippen LogP contribution in [0, 0.1) is 6.92 Å². The third-order valence-electron chi connectivity index (χ3n) is 3.88. The molecule has 0 aliphatic rings. The lowest BCUT2D eigenvalue weighted by molar-refractivity contribution is -0.132. The molecule has 0 heterocycles. The van der Waals surface area contributed by atoms with Gasteiger partial charge in [0.05, 0.1) is 0 Å². The van der Waals surface area contributed by atoms with E-state index < -0.39 is 8.15 Å². The van der Waals surface area contributed by atoms with E-state index in [1.807, 2.05) is 55.5 Å². The zero-order chi connectivity index (χ0) is 20.8. The molecule has 0 saturated heterocycles. The summed E-state index contributed by atoms with van der Waals surface area (Å²) >= 11 is 0. The van der Waals surface area contributed by atoms with Crippen LogP contribution in [0.25, 0.3) is 0 Å². The smallest absolute Gasteiger partial charge is 0.308 e. The van der Waals surface area contributed by atoms with Gasteiger partial charge in [-0.3, -0.25) is 9.59 Å². The normalized spacial score (nSPS) is 10.5. The molecule has 0 fully saturated rings. The van der Waals surface area contributed by atoms with Crippen LogP contribution < -0.4 is 24.6 Å². The fraction of sp³-hybridized carbons (Fsp3) is 0.130. The summed E-state index contributed by atoms with van der Waals surface area (Å²) in [7, 11) is -1.18. The fourth-order valence-electron chi connectivity index (χ4n) is 2.59. The molecule has 0 saturated carbocycles. The summed E-state index contributed by atoms with van der Waals surface area (Å²) < 4.78 is 16.6. The van der Waals surface area contributed by atoms with Crippen LogP contribution in [0.5, 0.6) is 17.2 Å². The van der Waals surface area contributed by atoms with Crippen molar-refractivity contribution >= 4 is 30.7 Å². The van der Waals surface area contributed by atoms with Crippen LogP contribution in [0.2, 0.25) is 0 Å². The number of aryl methyl sites for hydroxylation is 1. The molecule has 148 valence electrons. The number of ether oxygens (including phenoxy) is 2. The molecule has 3 aromatic carbocycles. The Kier molecular flexibility index (Phi) is 6.63. The van der Waals surface area contributed by atoms with Crippen molar-refractivity contribution in [3.63, 3.8) is 0 Å². The quantitative estimate of drug-likeness (QED) is 0.346. The SMILES string of the molecule is CC(=O)Oc1ccc(P(Oc2ccc(C)cc2)c2ccc(OC(C)=O)cc2)cc1. The number of hydrogen-bond acceptors (Lipinski definition) is 5. The highest BCUT2D eigenvalue weighted by Gasteiger charge is 2.18. The Balaban J connectivity index is 1.91. The van der Waals surface area contributed by atoms with Crippen molar-refractivity contribution in [2.75, 3.05) is 0 Å². The molecule has 0 atom stereocenters. The number of hydrogen-bond donors (Lipinski definition) is 0. The van der Waals surface area contributed by atoms with Crippen molar-refractivity contribution in [3.05, 3.63) is 78.4 Å². The van der Waals surface area contributed by atoms with Crippen LogP contribution in [-0.4, -0.2) is 11.9 Å². The van der Waals surface area contributed by atoms with E-state index in [2.05, 4.69) is 0 Å². The zero-order valence-corrected chi connectivity index (χ0v) is 17.3. The van der Waals surface area contributed by atoms with Gasteiger partial charge in [0, 0.05) is 24.5 Å². The Morgan fingerprint density at radius 3 is 1.38 bits per heavy atom. The standard InChI is InChI=1S/C23H21O5P/c1-16-4-6-21(7-5-16)28-29(22-12-8-19(9-13-22)26-17(2)24)23-14-10-20(11-15-23)27-18(3)25/h4-15H,1-3H3. The van der Waals surface area contributed by atoms with Crippen LogP contribution in [0.3, 0.4) is 0 Å². The second kappa shape index (κ2) is 9.35. The monoisotopic (exact) mass is 408 g/mol. The third kappa shape index (κ3) is 5.90. The van der Waals surface area contributed by atoms with Gasteiger partial charge in [0.1, 0.15) is 17.2 Å². The Labute approximate surface area is 171 Å². The number of carbonyl (C=O) groups is 2. The molecule has 0 aliphatic carbocycles. The van der Waals surface area contributed by atoms with Gasteiger partial charge in [-0.05, 0) is 67.6 Å². The molecule has 0 N–H and O–H groups in total. The molecule has 3 aromatic rings. The first-order valence-electron chi connectivity index (χ1n) is 9.02. The second-order valence-corrected chi connectivity index (χ2v) is 8.18. The highest BCUT2D eigenvalue weighted by molar-refractivity contribution is 7.68. The van der Waals surface area contributed by atoms with Crippen LogP contribution in [-0.2, 0) is 9.59 Å². The zero-order valence-electron chi connectivity index (χ0n) is 16.4. The maximum atomic E-state index is 11.2. The van der Waals surface area contributed by atoms with Crippen molar-refractivity contribution in [2.24, 2.45) is 0 Å². The average Bonchev–Trinajstić information content (AvgIpc) is 2.68. The summed E-state index contributed by atoms with van der Waals surface area (Å²) in [5.74, 6) is 0.997. The van der Waals surface area contributed by atoms with Crippen LogP contribution in [0.15, 0.2) is 72.8 Å². The fourth-order valence-corrected chi connectivity index (χ4v) is 4.27. The average molecular weight is 408 g/mol. The molecule has 3 rings (SSSR count). The van der Waals surface area contributed by atoms with Crippen LogP contribution in [0.1, 0.15) is 19.4 Å². The van der Waals surface area contributed by atoms with E-state index in [1.165, 1.54) is 13.8 Å². The molecular weight excluding hydrogens is 387 g/mol. The van der Waals surface area contributed by atoms with Crippen molar-refractivity contribution in [3.8, 4) is 17.2 Å². The van der Waals surface area contributed by atoms with Crippen molar-refractivity contribution in [1.29, 1.82) is 0 Å². The first kappa shape index (κ1) is 20.6. The van der Waals surface area contributed by atoms with E-state index in [-0.39, 0.29) is 11.9 Å². The number of rotatable bonds is 6. The Hall–Kier alpha value is -3.17. The van der Waals surface area contributed by atoms with Gasteiger partial charge in [-0.25, -0.2) is 0 Å². The summed E-state index contributed by atoms with van der Waals surface area (Å²) in [6, 6.07) is 22.4. The maximum absolute atomic E-state index is 11.2. The van der Waals surface area contributed by atoms with Gasteiger partial charge in [-0.15, -0.1) is 0 Å². The van der Waals surface area contributed by atoms with Crippen LogP contribution >= 0.6 is 8.15 Å². The topological polar surface area (TPSA) is 61.8 Å². The number of benzene rings is 3. The Morgan fingerprint density at radius 1 is 0.621 bits per heavy atom. The van der Waals surface area contributed by atoms with E-state index in [0.29, 0.717) is 11.5 Å². The highest BCUT2D eigenvalue weighted by atomic mass is 31.1. The summed E-state index contributed by atoms with van der Waals surface area (Å²) in [5, 5.41) is 1.91. The first-order valence-corrected chi connectivity index (χ1v) is 10.3. The minimum Gasteiger partial charge on any atom is -0.464 e.